The van der Waals surface area contributed by atoms with E-state index in [0.29, 0.717) is 17.9 Å². The third kappa shape index (κ3) is 3.87. The van der Waals surface area contributed by atoms with Gasteiger partial charge in [0.1, 0.15) is 0 Å². The summed E-state index contributed by atoms with van der Waals surface area (Å²) < 4.78 is 61.6. The number of rotatable bonds is 3. The summed E-state index contributed by atoms with van der Waals surface area (Å²) in [6.07, 6.45) is -4.01. The number of anilines is 1. The Morgan fingerprint density at radius 2 is 1.93 bits per heavy atom. The second kappa shape index (κ2) is 7.22. The summed E-state index contributed by atoms with van der Waals surface area (Å²) in [6.45, 7) is 0.443. The first kappa shape index (κ1) is 19.5. The predicted molar refractivity (Wildman–Crippen MR) is 94.3 cm³/mol. The maximum absolute atomic E-state index is 14.2. The van der Waals surface area contributed by atoms with Crippen molar-refractivity contribution in [3.05, 3.63) is 58.9 Å². The summed E-state index contributed by atoms with van der Waals surface area (Å²) in [6, 6.07) is 8.03. The Hall–Kier alpha value is -2.81. The monoisotopic (exact) mass is 411 g/mol. The van der Waals surface area contributed by atoms with Gasteiger partial charge in [-0.05, 0) is 36.6 Å². The van der Waals surface area contributed by atoms with Crippen molar-refractivity contribution >= 4 is 11.7 Å². The van der Waals surface area contributed by atoms with Crippen molar-refractivity contribution in [2.75, 3.05) is 11.9 Å². The van der Waals surface area contributed by atoms with Crippen LogP contribution < -0.4 is 10.1 Å². The highest BCUT2D eigenvalue weighted by Crippen LogP contribution is 2.50. The Bertz CT molecular complexity index is 929. The lowest BCUT2D eigenvalue weighted by Gasteiger charge is -2.43. The predicted octanol–water partition coefficient (Wildman–Crippen LogP) is 5.06. The van der Waals surface area contributed by atoms with E-state index in [9.17, 15) is 22.4 Å². The second-order valence-corrected chi connectivity index (χ2v) is 7.06. The molecular formula is C20H17F4NO4. The molecule has 2 aromatic rings. The first-order valence-electron chi connectivity index (χ1n) is 9.03. The van der Waals surface area contributed by atoms with E-state index in [2.05, 4.69) is 10.1 Å². The number of carboxylic acid groups (broad SMARTS) is 1. The number of nitrogens with one attached hydrogen (secondary N) is 1. The molecule has 0 saturated carbocycles. The van der Waals surface area contributed by atoms with Gasteiger partial charge in [-0.15, -0.1) is 13.2 Å². The smallest absolute Gasteiger partial charge is 0.478 e. The van der Waals surface area contributed by atoms with Crippen molar-refractivity contribution in [1.29, 1.82) is 0 Å². The van der Waals surface area contributed by atoms with Gasteiger partial charge in [0, 0.05) is 29.8 Å². The van der Waals surface area contributed by atoms with Gasteiger partial charge in [0.2, 0.25) is 0 Å². The van der Waals surface area contributed by atoms with Crippen LogP contribution in [0.1, 0.15) is 46.5 Å². The number of ether oxygens (including phenoxy) is 2. The van der Waals surface area contributed by atoms with E-state index in [1.54, 1.807) is 12.1 Å². The van der Waals surface area contributed by atoms with E-state index in [1.165, 1.54) is 12.1 Å². The molecule has 1 saturated heterocycles. The molecule has 0 unspecified atom stereocenters. The number of carbonyl (C=O) groups is 1. The third-order valence-electron chi connectivity index (χ3n) is 5.26. The SMILES string of the molecule is O=C(O)c1ccc([C@H]2Nc3cc(F)c(OC(F)(F)F)cc3[C@@H]3OCCC[C@H]23)cc1. The molecule has 4 rings (SSSR count). The Morgan fingerprint density at radius 3 is 2.59 bits per heavy atom. The lowest BCUT2D eigenvalue weighted by Crippen LogP contribution is -2.36. The lowest BCUT2D eigenvalue weighted by atomic mass is 9.77. The van der Waals surface area contributed by atoms with Crippen molar-refractivity contribution in [3.8, 4) is 5.75 Å². The van der Waals surface area contributed by atoms with Gasteiger partial charge in [-0.2, -0.15) is 0 Å². The van der Waals surface area contributed by atoms with E-state index < -0.39 is 30.0 Å². The van der Waals surface area contributed by atoms with Gasteiger partial charge in [-0.3, -0.25) is 0 Å². The fourth-order valence-corrected chi connectivity index (χ4v) is 4.04. The van der Waals surface area contributed by atoms with Crippen LogP contribution in [0.25, 0.3) is 0 Å². The molecule has 3 atom stereocenters. The molecule has 5 nitrogen and oxygen atoms in total. The van der Waals surface area contributed by atoms with Crippen LogP contribution in [0.5, 0.6) is 5.75 Å². The maximum atomic E-state index is 14.2. The topological polar surface area (TPSA) is 67.8 Å². The van der Waals surface area contributed by atoms with Crippen LogP contribution in [0.15, 0.2) is 36.4 Å². The molecule has 2 aliphatic heterocycles. The molecule has 0 aliphatic carbocycles. The Morgan fingerprint density at radius 1 is 1.21 bits per heavy atom. The van der Waals surface area contributed by atoms with Gasteiger partial charge in [0.15, 0.2) is 11.6 Å². The van der Waals surface area contributed by atoms with Crippen molar-refractivity contribution in [2.45, 2.75) is 31.3 Å². The van der Waals surface area contributed by atoms with E-state index in [4.69, 9.17) is 9.84 Å². The molecule has 2 aromatic carbocycles. The first-order valence-corrected chi connectivity index (χ1v) is 9.03. The van der Waals surface area contributed by atoms with Gasteiger partial charge in [-0.1, -0.05) is 12.1 Å². The summed E-state index contributed by atoms with van der Waals surface area (Å²) in [5.41, 5.74) is 1.67. The van der Waals surface area contributed by atoms with Crippen molar-refractivity contribution < 1.29 is 36.9 Å². The minimum Gasteiger partial charge on any atom is -0.478 e. The van der Waals surface area contributed by atoms with Crippen LogP contribution in [0.2, 0.25) is 0 Å². The number of hydrogen-bond acceptors (Lipinski definition) is 4. The quantitative estimate of drug-likeness (QED) is 0.692. The van der Waals surface area contributed by atoms with Gasteiger partial charge in [0.05, 0.1) is 17.7 Å². The average molecular weight is 411 g/mol. The highest BCUT2D eigenvalue weighted by atomic mass is 19.4. The normalized spacial score (nSPS) is 23.5. The van der Waals surface area contributed by atoms with Crippen molar-refractivity contribution in [2.24, 2.45) is 5.92 Å². The lowest BCUT2D eigenvalue weighted by molar-refractivity contribution is -0.275. The minimum absolute atomic E-state index is 0.115. The van der Waals surface area contributed by atoms with E-state index in [0.717, 1.165) is 30.5 Å². The molecule has 2 heterocycles. The Labute approximate surface area is 163 Å². The maximum Gasteiger partial charge on any atom is 0.573 e. The molecule has 1 fully saturated rings. The highest BCUT2D eigenvalue weighted by molar-refractivity contribution is 5.87. The highest BCUT2D eigenvalue weighted by Gasteiger charge is 2.41. The zero-order valence-corrected chi connectivity index (χ0v) is 15.0. The molecule has 0 radical (unpaired) electrons. The number of halogens is 4. The molecule has 0 bridgehead atoms. The summed E-state index contributed by atoms with van der Waals surface area (Å²) in [4.78, 5) is 11.1. The summed E-state index contributed by atoms with van der Waals surface area (Å²) in [7, 11) is 0. The minimum atomic E-state index is -5.00. The molecule has 2 N–H and O–H groups in total. The molecule has 2 aliphatic rings. The fraction of sp³-hybridized carbons (Fsp3) is 0.350. The zero-order chi connectivity index (χ0) is 20.8. The van der Waals surface area contributed by atoms with Gasteiger partial charge < -0.3 is 19.9 Å². The number of alkyl halides is 3. The number of benzene rings is 2. The molecule has 0 aromatic heterocycles. The molecule has 0 amide bonds. The molecule has 154 valence electrons. The average Bonchev–Trinajstić information content (AvgIpc) is 2.67. The molecular weight excluding hydrogens is 394 g/mol. The van der Waals surface area contributed by atoms with Crippen LogP contribution in [0.3, 0.4) is 0 Å². The third-order valence-corrected chi connectivity index (χ3v) is 5.26. The molecule has 29 heavy (non-hydrogen) atoms. The van der Waals surface area contributed by atoms with Gasteiger partial charge >= 0.3 is 12.3 Å². The number of carboxylic acids is 1. The van der Waals surface area contributed by atoms with Crippen LogP contribution in [0.4, 0.5) is 23.2 Å². The summed E-state index contributed by atoms with van der Waals surface area (Å²) in [5.74, 6) is -3.19. The van der Waals surface area contributed by atoms with Crippen LogP contribution in [0, 0.1) is 11.7 Å². The van der Waals surface area contributed by atoms with Gasteiger partial charge in [0.25, 0.3) is 0 Å². The Kier molecular flexibility index (Phi) is 4.85. The summed E-state index contributed by atoms with van der Waals surface area (Å²) in [5, 5.41) is 12.3. The fourth-order valence-electron chi connectivity index (χ4n) is 4.04. The number of aromatic carboxylic acids is 1. The van der Waals surface area contributed by atoms with E-state index >= 15 is 0 Å². The van der Waals surface area contributed by atoms with Gasteiger partial charge in [-0.25, -0.2) is 9.18 Å². The first-order chi connectivity index (χ1) is 13.7. The van der Waals surface area contributed by atoms with E-state index in [1.807, 2.05) is 0 Å². The van der Waals surface area contributed by atoms with Crippen molar-refractivity contribution in [1.82, 2.24) is 0 Å². The number of fused-ring (bicyclic) bond motifs is 3. The van der Waals surface area contributed by atoms with Crippen LogP contribution >= 0.6 is 0 Å². The zero-order valence-electron chi connectivity index (χ0n) is 15.0. The Balaban J connectivity index is 1.72. The second-order valence-electron chi connectivity index (χ2n) is 7.06. The van der Waals surface area contributed by atoms with Crippen LogP contribution in [-0.4, -0.2) is 24.0 Å². The molecule has 0 spiro atoms. The molecule has 9 heteroatoms. The summed E-state index contributed by atoms with van der Waals surface area (Å²) >= 11 is 0. The largest absolute Gasteiger partial charge is 0.573 e. The van der Waals surface area contributed by atoms with Crippen LogP contribution in [-0.2, 0) is 4.74 Å². The standard InChI is InChI=1S/C20H17F4NO4/c21-14-9-15-13(8-16(14)29-20(22,23)24)18-12(2-1-7-28-18)17(25-15)10-3-5-11(6-4-10)19(26)27/h3-6,8-9,12,17-18,25H,1-2,7H2,(H,26,27)/t12-,17-,18-/m1/s1. The number of hydrogen-bond donors (Lipinski definition) is 2. The van der Waals surface area contributed by atoms with Crippen molar-refractivity contribution in [3.63, 3.8) is 0 Å². The van der Waals surface area contributed by atoms with E-state index in [-0.39, 0.29) is 17.5 Å².